The van der Waals surface area contributed by atoms with Crippen LogP contribution in [0.2, 0.25) is 5.02 Å². The molecule has 0 fully saturated rings. The van der Waals surface area contributed by atoms with E-state index >= 15 is 0 Å². The predicted molar refractivity (Wildman–Crippen MR) is 82.9 cm³/mol. The quantitative estimate of drug-likeness (QED) is 0.838. The maximum absolute atomic E-state index is 5.96. The molecule has 1 atom stereocenters. The molecule has 1 aliphatic carbocycles. The number of hydrogen-bond donors (Lipinski definition) is 0. The fourth-order valence-electron chi connectivity index (χ4n) is 2.83. The highest BCUT2D eigenvalue weighted by atomic mass is 35.5. The fourth-order valence-corrected chi connectivity index (χ4v) is 2.96. The lowest BCUT2D eigenvalue weighted by molar-refractivity contribution is 0.623. The largest absolute Gasteiger partial charge is 0.329 e. The van der Waals surface area contributed by atoms with Gasteiger partial charge in [-0.3, -0.25) is 0 Å². The van der Waals surface area contributed by atoms with E-state index in [9.17, 15) is 0 Å². The molecule has 0 bridgehead atoms. The van der Waals surface area contributed by atoms with Crippen LogP contribution in [0.15, 0.2) is 24.3 Å². The molecule has 3 nitrogen and oxygen atoms in total. The van der Waals surface area contributed by atoms with Crippen LogP contribution in [0.5, 0.6) is 0 Å². The first kappa shape index (κ1) is 13.4. The molecule has 0 spiro atoms. The van der Waals surface area contributed by atoms with Crippen molar-refractivity contribution in [3.05, 3.63) is 46.4 Å². The minimum atomic E-state index is 0.651. The average molecular weight is 288 g/mol. The van der Waals surface area contributed by atoms with Crippen LogP contribution < -0.4 is 4.90 Å². The molecule has 1 aromatic heterocycles. The predicted octanol–water partition coefficient (Wildman–Crippen LogP) is 3.94. The van der Waals surface area contributed by atoms with E-state index in [0.29, 0.717) is 5.92 Å². The molecule has 104 valence electrons. The summed E-state index contributed by atoms with van der Waals surface area (Å²) in [6.45, 7) is 4.23. The van der Waals surface area contributed by atoms with Gasteiger partial charge < -0.3 is 4.90 Å². The van der Waals surface area contributed by atoms with Gasteiger partial charge in [0.25, 0.3) is 0 Å². The van der Waals surface area contributed by atoms with E-state index in [1.807, 2.05) is 38.2 Å². The second-order valence-electron chi connectivity index (χ2n) is 5.57. The molecule has 2 aromatic rings. The summed E-state index contributed by atoms with van der Waals surface area (Å²) in [7, 11) is 2.05. The first-order valence-corrected chi connectivity index (χ1v) is 7.28. The first-order valence-electron chi connectivity index (χ1n) is 6.90. The van der Waals surface area contributed by atoms with Crippen LogP contribution in [0.3, 0.4) is 0 Å². The summed E-state index contributed by atoms with van der Waals surface area (Å²) in [4.78, 5) is 11.4. The number of aryl methyl sites for hydroxylation is 1. The Balaban J connectivity index is 2.04. The van der Waals surface area contributed by atoms with Gasteiger partial charge in [0, 0.05) is 29.0 Å². The third-order valence-corrected chi connectivity index (χ3v) is 4.06. The maximum atomic E-state index is 5.96. The van der Waals surface area contributed by atoms with Crippen molar-refractivity contribution in [3.8, 4) is 0 Å². The van der Waals surface area contributed by atoms with Crippen LogP contribution in [0.1, 0.15) is 24.0 Å². The molecule has 0 amide bonds. The van der Waals surface area contributed by atoms with E-state index in [1.54, 1.807) is 0 Å². The van der Waals surface area contributed by atoms with Crippen LogP contribution in [0.4, 0.5) is 11.5 Å². The Kier molecular flexibility index (Phi) is 3.38. The second-order valence-corrected chi connectivity index (χ2v) is 6.00. The first-order chi connectivity index (χ1) is 9.54. The van der Waals surface area contributed by atoms with Crippen molar-refractivity contribution in [3.63, 3.8) is 0 Å². The van der Waals surface area contributed by atoms with Crippen LogP contribution in [0.25, 0.3) is 0 Å². The normalized spacial score (nSPS) is 17.1. The van der Waals surface area contributed by atoms with E-state index < -0.39 is 0 Å². The van der Waals surface area contributed by atoms with E-state index in [2.05, 4.69) is 21.8 Å². The summed E-state index contributed by atoms with van der Waals surface area (Å²) in [5.74, 6) is 2.52. The molecule has 1 aromatic carbocycles. The van der Waals surface area contributed by atoms with Gasteiger partial charge in [-0.1, -0.05) is 18.5 Å². The Morgan fingerprint density at radius 3 is 2.55 bits per heavy atom. The Hall–Kier alpha value is -1.61. The number of aromatic nitrogens is 2. The Labute approximate surface area is 124 Å². The van der Waals surface area contributed by atoms with Crippen molar-refractivity contribution < 1.29 is 0 Å². The van der Waals surface area contributed by atoms with Gasteiger partial charge in [-0.15, -0.1) is 0 Å². The van der Waals surface area contributed by atoms with E-state index in [1.165, 1.54) is 11.3 Å². The smallest absolute Gasteiger partial charge is 0.139 e. The standard InChI is InChI=1S/C16H18ClN3/c1-10-8-14-15(9-10)18-11(2)19-16(14)20(3)13-6-4-12(17)5-7-13/h4-7,10H,8-9H2,1-3H3. The van der Waals surface area contributed by atoms with Gasteiger partial charge in [-0.25, -0.2) is 9.97 Å². The van der Waals surface area contributed by atoms with E-state index in [4.69, 9.17) is 11.6 Å². The summed E-state index contributed by atoms with van der Waals surface area (Å²) >= 11 is 5.96. The van der Waals surface area contributed by atoms with Crippen LogP contribution in [0, 0.1) is 12.8 Å². The summed E-state index contributed by atoms with van der Waals surface area (Å²) < 4.78 is 0. The Morgan fingerprint density at radius 2 is 1.85 bits per heavy atom. The van der Waals surface area contributed by atoms with Gasteiger partial charge in [-0.2, -0.15) is 0 Å². The lowest BCUT2D eigenvalue weighted by Crippen LogP contribution is -2.15. The zero-order chi connectivity index (χ0) is 14.3. The van der Waals surface area contributed by atoms with Gasteiger partial charge in [0.15, 0.2) is 0 Å². The number of hydrogen-bond acceptors (Lipinski definition) is 3. The van der Waals surface area contributed by atoms with Gasteiger partial charge in [0.05, 0.1) is 0 Å². The SMILES string of the molecule is Cc1nc2c(c(N(C)c3ccc(Cl)cc3)n1)CC(C)C2. The molecule has 1 unspecified atom stereocenters. The minimum Gasteiger partial charge on any atom is -0.329 e. The Bertz CT molecular complexity index is 637. The number of nitrogens with zero attached hydrogens (tertiary/aromatic N) is 3. The zero-order valence-corrected chi connectivity index (χ0v) is 12.8. The third-order valence-electron chi connectivity index (χ3n) is 3.81. The van der Waals surface area contributed by atoms with Crippen LogP contribution >= 0.6 is 11.6 Å². The number of anilines is 2. The summed E-state index contributed by atoms with van der Waals surface area (Å²) in [5, 5.41) is 0.750. The van der Waals surface area contributed by atoms with E-state index in [-0.39, 0.29) is 0 Å². The lowest BCUT2D eigenvalue weighted by Gasteiger charge is -2.21. The van der Waals surface area contributed by atoms with Gasteiger partial charge in [0.2, 0.25) is 0 Å². The highest BCUT2D eigenvalue weighted by Gasteiger charge is 2.25. The molecule has 0 radical (unpaired) electrons. The van der Waals surface area contributed by atoms with Crippen molar-refractivity contribution in [2.75, 3.05) is 11.9 Å². The molecule has 1 aliphatic rings. The topological polar surface area (TPSA) is 29.0 Å². The molecule has 20 heavy (non-hydrogen) atoms. The molecular formula is C16H18ClN3. The molecule has 0 aliphatic heterocycles. The van der Waals surface area contributed by atoms with Crippen molar-refractivity contribution in [1.82, 2.24) is 9.97 Å². The van der Waals surface area contributed by atoms with Gasteiger partial charge in [-0.05, 0) is 49.9 Å². The molecule has 1 heterocycles. The molecule has 4 heteroatoms. The fraction of sp³-hybridized carbons (Fsp3) is 0.375. The molecule has 3 rings (SSSR count). The highest BCUT2D eigenvalue weighted by Crippen LogP contribution is 2.34. The van der Waals surface area contributed by atoms with Crippen molar-refractivity contribution >= 4 is 23.1 Å². The zero-order valence-electron chi connectivity index (χ0n) is 12.0. The number of halogens is 1. The average Bonchev–Trinajstić information content (AvgIpc) is 2.78. The van der Waals surface area contributed by atoms with Crippen LogP contribution in [-0.2, 0) is 12.8 Å². The summed E-state index contributed by atoms with van der Waals surface area (Å²) in [6.07, 6.45) is 2.11. The van der Waals surface area contributed by atoms with Crippen molar-refractivity contribution in [2.45, 2.75) is 26.7 Å². The number of rotatable bonds is 2. The molecule has 0 saturated carbocycles. The summed E-state index contributed by atoms with van der Waals surface area (Å²) in [5.41, 5.74) is 3.59. The lowest BCUT2D eigenvalue weighted by atomic mass is 10.1. The van der Waals surface area contributed by atoms with Crippen molar-refractivity contribution in [1.29, 1.82) is 0 Å². The number of benzene rings is 1. The maximum Gasteiger partial charge on any atom is 0.139 e. The van der Waals surface area contributed by atoms with E-state index in [0.717, 1.165) is 35.2 Å². The monoisotopic (exact) mass is 287 g/mol. The molecular weight excluding hydrogens is 270 g/mol. The molecule has 0 N–H and O–H groups in total. The third kappa shape index (κ3) is 2.38. The summed E-state index contributed by atoms with van der Waals surface area (Å²) in [6, 6.07) is 7.85. The second kappa shape index (κ2) is 5.06. The Morgan fingerprint density at radius 1 is 1.15 bits per heavy atom. The van der Waals surface area contributed by atoms with Gasteiger partial charge >= 0.3 is 0 Å². The highest BCUT2D eigenvalue weighted by molar-refractivity contribution is 6.30. The van der Waals surface area contributed by atoms with Crippen molar-refractivity contribution in [2.24, 2.45) is 5.92 Å². The number of fused-ring (bicyclic) bond motifs is 1. The van der Waals surface area contributed by atoms with Gasteiger partial charge in [0.1, 0.15) is 11.6 Å². The minimum absolute atomic E-state index is 0.651. The molecule has 0 saturated heterocycles. The van der Waals surface area contributed by atoms with Crippen LogP contribution in [-0.4, -0.2) is 17.0 Å².